The summed E-state index contributed by atoms with van der Waals surface area (Å²) in [6, 6.07) is 0. The normalized spacial score (nSPS) is 13.4. The van der Waals surface area contributed by atoms with Crippen molar-refractivity contribution in [3.63, 3.8) is 0 Å². The number of carboxylic acid groups (broad SMARTS) is 1. The fourth-order valence-corrected chi connectivity index (χ4v) is 4.10. The Morgan fingerprint density at radius 3 is 1.67 bits per heavy atom. The van der Waals surface area contributed by atoms with Gasteiger partial charge in [0.25, 0.3) is 0 Å². The molecule has 0 amide bonds. The summed E-state index contributed by atoms with van der Waals surface area (Å²) in [6.07, 6.45) is 1.35. The van der Waals surface area contributed by atoms with Crippen molar-refractivity contribution >= 4 is 26.0 Å². The van der Waals surface area contributed by atoms with Crippen molar-refractivity contribution in [2.75, 3.05) is 26.1 Å². The number of hydrogen-bond donors (Lipinski definition) is 1. The van der Waals surface area contributed by atoms with Crippen LogP contribution in [0.3, 0.4) is 0 Å². The van der Waals surface area contributed by atoms with Gasteiger partial charge in [0.1, 0.15) is 6.54 Å². The van der Waals surface area contributed by atoms with Crippen LogP contribution < -0.4 is 0 Å². The molecule has 0 aromatic heterocycles. The molecule has 15 heavy (non-hydrogen) atoms. The lowest BCUT2D eigenvalue weighted by Gasteiger charge is -2.25. The van der Waals surface area contributed by atoms with Gasteiger partial charge in [-0.3, -0.25) is 4.79 Å². The fraction of sp³-hybridized carbons (Fsp3) is 0.800. The minimum Gasteiger partial charge on any atom is -0.480 e. The van der Waals surface area contributed by atoms with Crippen molar-refractivity contribution in [1.29, 1.82) is 0 Å². The van der Waals surface area contributed by atoms with Crippen LogP contribution in [-0.2, 0) is 24.8 Å². The largest absolute Gasteiger partial charge is 0.480 e. The van der Waals surface area contributed by atoms with Gasteiger partial charge in [0.05, 0.1) is 12.5 Å². The van der Waals surface area contributed by atoms with Crippen molar-refractivity contribution in [2.24, 2.45) is 0 Å². The molecule has 10 heteroatoms. The zero-order valence-electron chi connectivity index (χ0n) is 8.41. The maximum Gasteiger partial charge on any atom is 0.319 e. The van der Waals surface area contributed by atoms with Crippen LogP contribution in [0.5, 0.6) is 0 Å². The van der Waals surface area contributed by atoms with Gasteiger partial charge in [-0.25, -0.2) is 21.8 Å². The third kappa shape index (κ3) is 4.55. The Hall–Kier alpha value is -0.710. The monoisotopic (exact) mass is 260 g/mol. The van der Waals surface area contributed by atoms with Gasteiger partial charge in [0, 0.05) is 7.05 Å². The predicted molar refractivity (Wildman–Crippen MR) is 51.8 cm³/mol. The highest BCUT2D eigenvalue weighted by atomic mass is 32.3. The van der Waals surface area contributed by atoms with E-state index in [1.165, 1.54) is 0 Å². The Balaban J connectivity index is 5.25. The first kappa shape index (κ1) is 14.3. The minimum absolute atomic E-state index is 0.0358. The second-order valence-corrected chi connectivity index (χ2v) is 6.77. The van der Waals surface area contributed by atoms with Gasteiger partial charge in [-0.05, 0) is 3.82 Å². The second kappa shape index (κ2) is 4.43. The van der Waals surface area contributed by atoms with E-state index in [1.54, 1.807) is 0 Å². The molecular weight excluding hydrogens is 248 g/mol. The summed E-state index contributed by atoms with van der Waals surface area (Å²) < 4.78 is 44.5. The SMILES string of the molecule is CN(CC(=O)O)N(S(C)(=O)=O)S(C)(=O)=O. The van der Waals surface area contributed by atoms with E-state index in [1.807, 2.05) is 0 Å². The predicted octanol–water partition coefficient (Wildman–Crippen LogP) is -1.86. The first-order valence-corrected chi connectivity index (χ1v) is 7.29. The average Bonchev–Trinajstić information content (AvgIpc) is 1.74. The van der Waals surface area contributed by atoms with Crippen LogP contribution in [0.1, 0.15) is 0 Å². The molecule has 0 rings (SSSR count). The van der Waals surface area contributed by atoms with E-state index in [-0.39, 0.29) is 3.82 Å². The van der Waals surface area contributed by atoms with E-state index >= 15 is 0 Å². The van der Waals surface area contributed by atoms with Crippen LogP contribution in [0, 0.1) is 0 Å². The zero-order valence-corrected chi connectivity index (χ0v) is 10.0. The smallest absolute Gasteiger partial charge is 0.319 e. The first-order valence-electron chi connectivity index (χ1n) is 3.59. The highest BCUT2D eigenvalue weighted by Crippen LogP contribution is 2.08. The molecular formula is C5H12N2O6S2. The van der Waals surface area contributed by atoms with E-state index in [0.717, 1.165) is 7.05 Å². The molecule has 0 aliphatic rings. The molecule has 0 aliphatic heterocycles. The molecule has 90 valence electrons. The molecule has 8 nitrogen and oxygen atoms in total. The summed E-state index contributed by atoms with van der Waals surface area (Å²) in [5.41, 5.74) is 0. The van der Waals surface area contributed by atoms with Crippen LogP contribution in [0.2, 0.25) is 0 Å². The Morgan fingerprint density at radius 1 is 1.13 bits per heavy atom. The molecule has 0 aliphatic carbocycles. The number of carboxylic acids is 1. The van der Waals surface area contributed by atoms with Crippen molar-refractivity contribution in [3.05, 3.63) is 0 Å². The third-order valence-electron chi connectivity index (χ3n) is 1.21. The van der Waals surface area contributed by atoms with Gasteiger partial charge >= 0.3 is 5.97 Å². The van der Waals surface area contributed by atoms with Gasteiger partial charge < -0.3 is 5.11 Å². The van der Waals surface area contributed by atoms with E-state index in [9.17, 15) is 21.6 Å². The van der Waals surface area contributed by atoms with Crippen LogP contribution in [-0.4, -0.2) is 62.8 Å². The van der Waals surface area contributed by atoms with Crippen LogP contribution in [0.4, 0.5) is 0 Å². The van der Waals surface area contributed by atoms with E-state index in [2.05, 4.69) is 0 Å². The van der Waals surface area contributed by atoms with Gasteiger partial charge in [0.2, 0.25) is 20.0 Å². The zero-order chi connectivity index (χ0) is 12.4. The maximum atomic E-state index is 11.1. The second-order valence-electron chi connectivity index (χ2n) is 2.91. The molecule has 0 saturated heterocycles. The molecule has 0 bridgehead atoms. The molecule has 0 fully saturated rings. The minimum atomic E-state index is -4.06. The third-order valence-corrected chi connectivity index (χ3v) is 4.53. The van der Waals surface area contributed by atoms with Crippen molar-refractivity contribution in [2.45, 2.75) is 0 Å². The molecule has 0 spiro atoms. The first-order chi connectivity index (χ1) is 6.46. The molecule has 0 heterocycles. The lowest BCUT2D eigenvalue weighted by molar-refractivity contribution is -0.139. The molecule has 0 radical (unpaired) electrons. The van der Waals surface area contributed by atoms with Gasteiger partial charge in [-0.1, -0.05) is 0 Å². The molecule has 0 unspecified atom stereocenters. The summed E-state index contributed by atoms with van der Waals surface area (Å²) in [5.74, 6) is -1.34. The maximum absolute atomic E-state index is 11.1. The highest BCUT2D eigenvalue weighted by Gasteiger charge is 2.32. The Labute approximate surface area is 88.2 Å². The van der Waals surface area contributed by atoms with Gasteiger partial charge in [0.15, 0.2) is 0 Å². The van der Waals surface area contributed by atoms with Crippen molar-refractivity contribution < 1.29 is 26.7 Å². The Morgan fingerprint density at radius 2 is 1.47 bits per heavy atom. The highest BCUT2D eigenvalue weighted by molar-refractivity contribution is 8.03. The average molecular weight is 260 g/mol. The number of sulfonamides is 2. The number of hydrazine groups is 1. The summed E-state index contributed by atoms with van der Waals surface area (Å²) in [7, 11) is -7.07. The van der Waals surface area contributed by atoms with Crippen LogP contribution in [0.15, 0.2) is 0 Å². The van der Waals surface area contributed by atoms with Crippen LogP contribution >= 0.6 is 0 Å². The Bertz CT molecular complexity index is 406. The molecule has 0 aromatic rings. The number of carbonyl (C=O) groups is 1. The lowest BCUT2D eigenvalue weighted by atomic mass is 10.7. The lowest BCUT2D eigenvalue weighted by Crippen LogP contribution is -2.48. The van der Waals surface area contributed by atoms with Crippen molar-refractivity contribution in [3.8, 4) is 0 Å². The molecule has 0 aromatic carbocycles. The van der Waals surface area contributed by atoms with E-state index in [4.69, 9.17) is 5.11 Å². The molecule has 0 atom stereocenters. The Kier molecular flexibility index (Phi) is 4.22. The summed E-state index contributed by atoms with van der Waals surface area (Å²) in [5, 5.41) is 9.00. The van der Waals surface area contributed by atoms with E-state index < -0.39 is 32.6 Å². The van der Waals surface area contributed by atoms with Gasteiger partial charge in [-0.15, -0.1) is 0 Å². The topological polar surface area (TPSA) is 112 Å². The van der Waals surface area contributed by atoms with Gasteiger partial charge in [-0.2, -0.15) is 0 Å². The van der Waals surface area contributed by atoms with Crippen molar-refractivity contribution in [1.82, 2.24) is 8.83 Å². The number of nitrogens with zero attached hydrogens (tertiary/aromatic N) is 2. The number of aliphatic carboxylic acids is 1. The summed E-state index contributed by atoms with van der Waals surface area (Å²) >= 11 is 0. The quantitative estimate of drug-likeness (QED) is 0.577. The van der Waals surface area contributed by atoms with Crippen LogP contribution in [0.25, 0.3) is 0 Å². The number of likely N-dealkylation sites (N-methyl/N-ethyl adjacent to an activating group) is 1. The summed E-state index contributed by atoms with van der Waals surface area (Å²) in [4.78, 5) is 10.3. The van der Waals surface area contributed by atoms with E-state index in [0.29, 0.717) is 17.5 Å². The molecule has 0 saturated carbocycles. The fourth-order valence-electron chi connectivity index (χ4n) is 1.01. The molecule has 1 N–H and O–H groups in total. The number of rotatable bonds is 5. The summed E-state index contributed by atoms with van der Waals surface area (Å²) in [6.45, 7) is -0.736. The number of hydrogen-bond acceptors (Lipinski definition) is 6. The standard InChI is InChI=1S/C5H12N2O6S2/c1-6(4-5(8)9)7(14(2,10)11)15(3,12)13/h4H2,1-3H3,(H,8,9).